The summed E-state index contributed by atoms with van der Waals surface area (Å²) >= 11 is 0. The Labute approximate surface area is 142 Å². The van der Waals surface area contributed by atoms with Crippen LogP contribution in [-0.2, 0) is 11.3 Å². The average molecular weight is 335 g/mol. The highest BCUT2D eigenvalue weighted by Crippen LogP contribution is 2.32. The number of rotatable bonds is 5. The number of amides is 2. The van der Waals surface area contributed by atoms with E-state index in [1.54, 1.807) is 0 Å². The van der Waals surface area contributed by atoms with Gasteiger partial charge in [-0.05, 0) is 31.5 Å². The number of nitrogens with zero attached hydrogens (tertiary/aromatic N) is 1. The largest absolute Gasteiger partial charge is 0.454 e. The maximum atomic E-state index is 12.1. The molecule has 132 valence electrons. The van der Waals surface area contributed by atoms with E-state index in [1.165, 1.54) is 0 Å². The number of ether oxygens (including phenoxy) is 3. The molecule has 2 heterocycles. The molecule has 0 aliphatic carbocycles. The number of hydrogen-bond acceptors (Lipinski definition) is 5. The minimum absolute atomic E-state index is 0.0974. The molecule has 7 nitrogen and oxygen atoms in total. The Morgan fingerprint density at radius 1 is 1.17 bits per heavy atom. The van der Waals surface area contributed by atoms with Gasteiger partial charge in [0.1, 0.15) is 0 Å². The summed E-state index contributed by atoms with van der Waals surface area (Å²) in [6.07, 6.45) is 0. The van der Waals surface area contributed by atoms with Crippen molar-refractivity contribution >= 4 is 6.03 Å². The Morgan fingerprint density at radius 2 is 1.92 bits per heavy atom. The third-order valence-electron chi connectivity index (χ3n) is 4.44. The third-order valence-corrected chi connectivity index (χ3v) is 4.44. The minimum atomic E-state index is -0.172. The first kappa shape index (κ1) is 16.9. The van der Waals surface area contributed by atoms with Crippen LogP contribution in [0.4, 0.5) is 4.79 Å². The molecule has 0 spiro atoms. The Morgan fingerprint density at radius 3 is 2.71 bits per heavy atom. The summed E-state index contributed by atoms with van der Waals surface area (Å²) in [7, 11) is 0. The van der Waals surface area contributed by atoms with Gasteiger partial charge in [-0.15, -0.1) is 0 Å². The monoisotopic (exact) mass is 335 g/mol. The van der Waals surface area contributed by atoms with Crippen LogP contribution in [0.5, 0.6) is 11.5 Å². The van der Waals surface area contributed by atoms with E-state index in [1.807, 2.05) is 18.2 Å². The molecule has 24 heavy (non-hydrogen) atoms. The fourth-order valence-electron chi connectivity index (χ4n) is 2.87. The first-order valence-corrected chi connectivity index (χ1v) is 8.28. The lowest BCUT2D eigenvalue weighted by Gasteiger charge is -2.40. The van der Waals surface area contributed by atoms with Crippen LogP contribution in [0, 0.1) is 0 Å². The van der Waals surface area contributed by atoms with Gasteiger partial charge in [-0.2, -0.15) is 0 Å². The molecular formula is C17H25N3O4. The van der Waals surface area contributed by atoms with Gasteiger partial charge in [0.25, 0.3) is 0 Å². The fourth-order valence-corrected chi connectivity index (χ4v) is 2.87. The zero-order valence-corrected chi connectivity index (χ0v) is 14.3. The van der Waals surface area contributed by atoms with E-state index in [0.717, 1.165) is 43.4 Å². The molecule has 1 saturated heterocycles. The van der Waals surface area contributed by atoms with Crippen molar-refractivity contribution in [2.75, 3.05) is 39.6 Å². The van der Waals surface area contributed by atoms with Gasteiger partial charge in [0.2, 0.25) is 6.79 Å². The normalized spacial score (nSPS) is 17.6. The first-order valence-electron chi connectivity index (χ1n) is 8.28. The van der Waals surface area contributed by atoms with Crippen LogP contribution in [0.25, 0.3) is 0 Å². The van der Waals surface area contributed by atoms with Gasteiger partial charge in [-0.25, -0.2) is 4.79 Å². The number of carbonyl (C=O) groups excluding carboxylic acids is 1. The second-order valence-corrected chi connectivity index (χ2v) is 6.64. The Balaban J connectivity index is 1.44. The number of hydrogen-bond donors (Lipinski definition) is 2. The molecule has 7 heteroatoms. The van der Waals surface area contributed by atoms with Crippen LogP contribution in [0.3, 0.4) is 0 Å². The smallest absolute Gasteiger partial charge is 0.315 e. The molecule has 1 aromatic carbocycles. The average Bonchev–Trinajstić information content (AvgIpc) is 3.07. The van der Waals surface area contributed by atoms with Crippen molar-refractivity contribution < 1.29 is 19.0 Å². The van der Waals surface area contributed by atoms with Crippen LogP contribution in [0.15, 0.2) is 18.2 Å². The SMILES string of the molecule is CC(C)(CNC(=O)NCc1ccc2c(c1)OCO2)N1CCOCC1. The van der Waals surface area contributed by atoms with Gasteiger partial charge in [0.05, 0.1) is 13.2 Å². The summed E-state index contributed by atoms with van der Waals surface area (Å²) in [5.41, 5.74) is 0.877. The highest BCUT2D eigenvalue weighted by molar-refractivity contribution is 5.74. The summed E-state index contributed by atoms with van der Waals surface area (Å²) in [6.45, 7) is 8.84. The summed E-state index contributed by atoms with van der Waals surface area (Å²) in [5.74, 6) is 1.47. The zero-order valence-electron chi connectivity index (χ0n) is 14.3. The molecule has 0 unspecified atom stereocenters. The highest BCUT2D eigenvalue weighted by Gasteiger charge is 2.28. The molecule has 3 rings (SSSR count). The van der Waals surface area contributed by atoms with Crippen molar-refractivity contribution in [1.82, 2.24) is 15.5 Å². The predicted molar refractivity (Wildman–Crippen MR) is 89.3 cm³/mol. The maximum Gasteiger partial charge on any atom is 0.315 e. The third kappa shape index (κ3) is 4.10. The topological polar surface area (TPSA) is 72.1 Å². The quantitative estimate of drug-likeness (QED) is 0.849. The van der Waals surface area contributed by atoms with Gasteiger partial charge < -0.3 is 24.8 Å². The zero-order chi connectivity index (χ0) is 17.0. The first-order chi connectivity index (χ1) is 11.5. The number of carbonyl (C=O) groups is 1. The number of fused-ring (bicyclic) bond motifs is 1. The lowest BCUT2D eigenvalue weighted by molar-refractivity contribution is -0.00874. The molecule has 1 aromatic rings. The van der Waals surface area contributed by atoms with Gasteiger partial charge in [-0.1, -0.05) is 6.07 Å². The molecule has 1 fully saturated rings. The van der Waals surface area contributed by atoms with Crippen molar-refractivity contribution in [2.24, 2.45) is 0 Å². The van der Waals surface area contributed by atoms with Crippen molar-refractivity contribution in [2.45, 2.75) is 25.9 Å². The van der Waals surface area contributed by atoms with Gasteiger partial charge in [0, 0.05) is 31.7 Å². The minimum Gasteiger partial charge on any atom is -0.454 e. The summed E-state index contributed by atoms with van der Waals surface area (Å²) in [5, 5.41) is 5.83. The molecule has 0 bridgehead atoms. The predicted octanol–water partition coefficient (Wildman–Crippen LogP) is 1.33. The van der Waals surface area contributed by atoms with Crippen LogP contribution in [0.1, 0.15) is 19.4 Å². The molecule has 2 amide bonds. The maximum absolute atomic E-state index is 12.1. The standard InChI is InChI=1S/C17H25N3O4/c1-17(2,20-5-7-22-8-6-20)11-19-16(21)18-10-13-3-4-14-15(9-13)24-12-23-14/h3-4,9H,5-8,10-12H2,1-2H3,(H2,18,19,21). The van der Waals surface area contributed by atoms with Gasteiger partial charge in [-0.3, -0.25) is 4.90 Å². The molecule has 2 aliphatic heterocycles. The van der Waals surface area contributed by atoms with Gasteiger partial charge >= 0.3 is 6.03 Å². The van der Waals surface area contributed by atoms with Crippen LogP contribution < -0.4 is 20.1 Å². The molecule has 0 radical (unpaired) electrons. The van der Waals surface area contributed by atoms with Crippen LogP contribution in [0.2, 0.25) is 0 Å². The molecule has 0 atom stereocenters. The van der Waals surface area contributed by atoms with Gasteiger partial charge in [0.15, 0.2) is 11.5 Å². The number of benzene rings is 1. The lowest BCUT2D eigenvalue weighted by atomic mass is 10.0. The second-order valence-electron chi connectivity index (χ2n) is 6.64. The Bertz CT molecular complexity index is 585. The summed E-state index contributed by atoms with van der Waals surface area (Å²) in [6, 6.07) is 5.50. The summed E-state index contributed by atoms with van der Waals surface area (Å²) < 4.78 is 16.0. The fraction of sp³-hybridized carbons (Fsp3) is 0.588. The Kier molecular flexibility index (Phi) is 5.11. The van der Waals surface area contributed by atoms with Crippen molar-refractivity contribution in [3.05, 3.63) is 23.8 Å². The molecule has 2 aliphatic rings. The molecule has 0 saturated carbocycles. The van der Waals surface area contributed by atoms with E-state index >= 15 is 0 Å². The van der Waals surface area contributed by atoms with E-state index in [0.29, 0.717) is 13.1 Å². The molecular weight excluding hydrogens is 310 g/mol. The number of nitrogens with one attached hydrogen (secondary N) is 2. The Hall–Kier alpha value is -1.99. The van der Waals surface area contributed by atoms with E-state index in [-0.39, 0.29) is 18.4 Å². The number of urea groups is 1. The number of morpholine rings is 1. The highest BCUT2D eigenvalue weighted by atomic mass is 16.7. The van der Waals surface area contributed by atoms with Crippen molar-refractivity contribution in [3.8, 4) is 11.5 Å². The van der Waals surface area contributed by atoms with Crippen LogP contribution in [-0.4, -0.2) is 56.1 Å². The molecule has 2 N–H and O–H groups in total. The molecule has 0 aromatic heterocycles. The van der Waals surface area contributed by atoms with Crippen molar-refractivity contribution in [3.63, 3.8) is 0 Å². The van der Waals surface area contributed by atoms with E-state index in [4.69, 9.17) is 14.2 Å². The van der Waals surface area contributed by atoms with E-state index in [9.17, 15) is 4.79 Å². The summed E-state index contributed by atoms with van der Waals surface area (Å²) in [4.78, 5) is 14.4. The van der Waals surface area contributed by atoms with Crippen molar-refractivity contribution in [1.29, 1.82) is 0 Å². The lowest BCUT2D eigenvalue weighted by Crippen LogP contribution is -2.56. The van der Waals surface area contributed by atoms with E-state index in [2.05, 4.69) is 29.4 Å². The van der Waals surface area contributed by atoms with E-state index < -0.39 is 0 Å². The second kappa shape index (κ2) is 7.27. The van der Waals surface area contributed by atoms with Crippen LogP contribution >= 0.6 is 0 Å².